The Bertz CT molecular complexity index is 616. The minimum atomic E-state index is -0.444. The number of nitrogens with two attached hydrogens (primary N) is 1. The summed E-state index contributed by atoms with van der Waals surface area (Å²) in [5.41, 5.74) is 4.58. The van der Waals surface area contributed by atoms with Crippen molar-refractivity contribution < 1.29 is 4.39 Å². The van der Waals surface area contributed by atoms with Gasteiger partial charge in [-0.05, 0) is 30.9 Å². The fraction of sp³-hybridized carbons (Fsp3) is 0.286. The van der Waals surface area contributed by atoms with Gasteiger partial charge in [0.15, 0.2) is 11.6 Å². The first-order valence-corrected chi connectivity index (χ1v) is 6.64. The molecule has 1 aromatic carbocycles. The molecule has 20 heavy (non-hydrogen) atoms. The van der Waals surface area contributed by atoms with Gasteiger partial charge in [0.1, 0.15) is 0 Å². The maximum absolute atomic E-state index is 14.1. The Morgan fingerprint density at radius 1 is 1.25 bits per heavy atom. The van der Waals surface area contributed by atoms with Gasteiger partial charge >= 0.3 is 0 Å². The van der Waals surface area contributed by atoms with Gasteiger partial charge in [-0.3, -0.25) is 5.43 Å². The van der Waals surface area contributed by atoms with Gasteiger partial charge < -0.3 is 4.90 Å². The molecule has 1 aromatic heterocycles. The molecule has 6 heteroatoms. The second-order valence-corrected chi connectivity index (χ2v) is 4.75. The van der Waals surface area contributed by atoms with Crippen LogP contribution in [0.25, 0.3) is 0 Å². The fourth-order valence-corrected chi connectivity index (χ4v) is 2.53. The first-order valence-electron chi connectivity index (χ1n) is 6.64. The van der Waals surface area contributed by atoms with Crippen molar-refractivity contribution >= 4 is 17.5 Å². The van der Waals surface area contributed by atoms with E-state index < -0.39 is 5.82 Å². The molecule has 104 valence electrons. The minimum absolute atomic E-state index is 0.211. The number of fused-ring (bicyclic) bond motifs is 1. The molecule has 0 atom stereocenters. The lowest BCUT2D eigenvalue weighted by Gasteiger charge is -2.24. The van der Waals surface area contributed by atoms with Crippen LogP contribution in [0.2, 0.25) is 0 Å². The van der Waals surface area contributed by atoms with Crippen LogP contribution < -0.4 is 16.2 Å². The molecule has 5 nitrogen and oxygen atoms in total. The van der Waals surface area contributed by atoms with Crippen LogP contribution in [0.1, 0.15) is 18.4 Å². The molecule has 2 aromatic rings. The van der Waals surface area contributed by atoms with Gasteiger partial charge in [0.2, 0.25) is 5.95 Å². The van der Waals surface area contributed by atoms with Crippen LogP contribution in [-0.2, 0) is 6.42 Å². The zero-order valence-corrected chi connectivity index (χ0v) is 11.0. The van der Waals surface area contributed by atoms with E-state index in [2.05, 4.69) is 21.5 Å². The largest absolute Gasteiger partial charge is 0.324 e. The SMILES string of the molecule is NNc1ncc(F)c(N2CCCCc3ccccc32)n1. The minimum Gasteiger partial charge on any atom is -0.324 e. The highest BCUT2D eigenvalue weighted by Crippen LogP contribution is 2.32. The number of hydrogen-bond acceptors (Lipinski definition) is 5. The number of hydrogen-bond donors (Lipinski definition) is 2. The van der Waals surface area contributed by atoms with E-state index in [-0.39, 0.29) is 11.8 Å². The van der Waals surface area contributed by atoms with Gasteiger partial charge in [0.05, 0.1) is 6.20 Å². The molecule has 1 aliphatic heterocycles. The van der Waals surface area contributed by atoms with Gasteiger partial charge in [-0.25, -0.2) is 15.2 Å². The molecule has 1 aliphatic rings. The predicted molar refractivity (Wildman–Crippen MR) is 76.2 cm³/mol. The van der Waals surface area contributed by atoms with E-state index in [9.17, 15) is 4.39 Å². The molecule has 0 saturated heterocycles. The van der Waals surface area contributed by atoms with Gasteiger partial charge in [-0.2, -0.15) is 4.98 Å². The van der Waals surface area contributed by atoms with E-state index in [0.29, 0.717) is 0 Å². The molecule has 0 radical (unpaired) electrons. The molecular formula is C14H16FN5. The highest BCUT2D eigenvalue weighted by atomic mass is 19.1. The summed E-state index contributed by atoms with van der Waals surface area (Å²) in [6.07, 6.45) is 4.22. The number of halogens is 1. The summed E-state index contributed by atoms with van der Waals surface area (Å²) in [4.78, 5) is 9.84. The number of nitrogen functional groups attached to an aromatic ring is 1. The number of aromatic nitrogens is 2. The number of rotatable bonds is 2. The zero-order chi connectivity index (χ0) is 13.9. The van der Waals surface area contributed by atoms with Crippen molar-refractivity contribution in [1.29, 1.82) is 0 Å². The van der Waals surface area contributed by atoms with Crippen molar-refractivity contribution in [3.63, 3.8) is 0 Å². The molecule has 0 fully saturated rings. The van der Waals surface area contributed by atoms with Crippen LogP contribution in [0.4, 0.5) is 21.8 Å². The summed E-state index contributed by atoms with van der Waals surface area (Å²) in [5.74, 6) is 5.34. The van der Waals surface area contributed by atoms with Gasteiger partial charge in [0, 0.05) is 12.2 Å². The zero-order valence-electron chi connectivity index (χ0n) is 11.0. The van der Waals surface area contributed by atoms with E-state index >= 15 is 0 Å². The van der Waals surface area contributed by atoms with Crippen LogP contribution in [0.3, 0.4) is 0 Å². The Hall–Kier alpha value is -2.21. The monoisotopic (exact) mass is 273 g/mol. The van der Waals surface area contributed by atoms with Crippen molar-refractivity contribution in [3.05, 3.63) is 41.8 Å². The van der Waals surface area contributed by atoms with Crippen LogP contribution in [0.15, 0.2) is 30.5 Å². The molecule has 3 N–H and O–H groups in total. The Morgan fingerprint density at radius 2 is 2.10 bits per heavy atom. The Labute approximate surface area is 116 Å². The Morgan fingerprint density at radius 3 is 2.95 bits per heavy atom. The lowest BCUT2D eigenvalue weighted by atomic mass is 10.1. The third-order valence-electron chi connectivity index (χ3n) is 3.47. The molecule has 0 saturated carbocycles. The molecule has 0 unspecified atom stereocenters. The van der Waals surface area contributed by atoms with E-state index in [4.69, 9.17) is 5.84 Å². The number of hydrazine groups is 1. The maximum Gasteiger partial charge on any atom is 0.239 e. The third kappa shape index (κ3) is 2.30. The number of anilines is 3. The standard InChI is InChI=1S/C14H16FN5/c15-11-9-17-14(19-16)18-13(11)20-8-4-3-6-10-5-1-2-7-12(10)20/h1-2,5,7,9H,3-4,6,8,16H2,(H,17,18,19). The second-order valence-electron chi connectivity index (χ2n) is 4.75. The molecule has 0 spiro atoms. The molecule has 3 rings (SSSR count). The average Bonchev–Trinajstić information content (AvgIpc) is 2.70. The second kappa shape index (κ2) is 5.42. The topological polar surface area (TPSA) is 67.1 Å². The number of nitrogens with zero attached hydrogens (tertiary/aromatic N) is 3. The molecular weight excluding hydrogens is 257 g/mol. The van der Waals surface area contributed by atoms with Crippen LogP contribution in [-0.4, -0.2) is 16.5 Å². The van der Waals surface area contributed by atoms with Crippen LogP contribution in [0.5, 0.6) is 0 Å². The average molecular weight is 273 g/mol. The Balaban J connectivity index is 2.09. The van der Waals surface area contributed by atoms with Crippen LogP contribution >= 0.6 is 0 Å². The van der Waals surface area contributed by atoms with Crippen molar-refractivity contribution in [1.82, 2.24) is 9.97 Å². The first kappa shape index (κ1) is 12.8. The van der Waals surface area contributed by atoms with E-state index in [0.717, 1.165) is 37.7 Å². The third-order valence-corrected chi connectivity index (χ3v) is 3.47. The van der Waals surface area contributed by atoms with Gasteiger partial charge in [-0.1, -0.05) is 18.2 Å². The van der Waals surface area contributed by atoms with Crippen molar-refractivity contribution in [2.45, 2.75) is 19.3 Å². The predicted octanol–water partition coefficient (Wildman–Crippen LogP) is 2.38. The highest BCUT2D eigenvalue weighted by Gasteiger charge is 2.21. The van der Waals surface area contributed by atoms with Crippen molar-refractivity contribution in [2.75, 3.05) is 16.9 Å². The summed E-state index contributed by atoms with van der Waals surface area (Å²) >= 11 is 0. The lowest BCUT2D eigenvalue weighted by Crippen LogP contribution is -2.22. The van der Waals surface area contributed by atoms with Crippen molar-refractivity contribution in [2.24, 2.45) is 5.84 Å². The summed E-state index contributed by atoms with van der Waals surface area (Å²) in [7, 11) is 0. The number of nitrogens with one attached hydrogen (secondary N) is 1. The van der Waals surface area contributed by atoms with E-state index in [1.54, 1.807) is 0 Å². The lowest BCUT2D eigenvalue weighted by molar-refractivity contribution is 0.609. The Kier molecular flexibility index (Phi) is 3.47. The highest BCUT2D eigenvalue weighted by molar-refractivity contribution is 5.65. The maximum atomic E-state index is 14.1. The summed E-state index contributed by atoms with van der Waals surface area (Å²) in [6, 6.07) is 8.04. The number of para-hydroxylation sites is 1. The molecule has 2 heterocycles. The van der Waals surface area contributed by atoms with Crippen LogP contribution in [0, 0.1) is 5.82 Å². The summed E-state index contributed by atoms with van der Waals surface area (Å²) < 4.78 is 14.1. The summed E-state index contributed by atoms with van der Waals surface area (Å²) in [5, 5.41) is 0. The first-order chi connectivity index (χ1) is 9.79. The van der Waals surface area contributed by atoms with E-state index in [1.165, 1.54) is 5.56 Å². The van der Waals surface area contributed by atoms with E-state index in [1.807, 2.05) is 23.1 Å². The molecule has 0 amide bonds. The number of aryl methyl sites for hydroxylation is 1. The normalized spacial score (nSPS) is 14.6. The van der Waals surface area contributed by atoms with Gasteiger partial charge in [-0.15, -0.1) is 0 Å². The fourth-order valence-electron chi connectivity index (χ4n) is 2.53. The van der Waals surface area contributed by atoms with Gasteiger partial charge in [0.25, 0.3) is 0 Å². The summed E-state index contributed by atoms with van der Waals surface area (Å²) in [6.45, 7) is 0.731. The van der Waals surface area contributed by atoms with Crippen molar-refractivity contribution in [3.8, 4) is 0 Å². The molecule has 0 bridgehead atoms. The smallest absolute Gasteiger partial charge is 0.239 e. The number of benzene rings is 1. The quantitative estimate of drug-likeness (QED) is 0.649. The molecule has 0 aliphatic carbocycles.